The summed E-state index contributed by atoms with van der Waals surface area (Å²) in [5, 5.41) is 0. The summed E-state index contributed by atoms with van der Waals surface area (Å²) in [6.45, 7) is 6.12. The molecule has 1 saturated heterocycles. The van der Waals surface area contributed by atoms with Gasteiger partial charge in [0.2, 0.25) is 5.91 Å². The first-order chi connectivity index (χ1) is 4.75. The lowest BCUT2D eigenvalue weighted by Gasteiger charge is -2.08. The molecule has 0 spiro atoms. The quantitative estimate of drug-likeness (QED) is 0.542. The Morgan fingerprint density at radius 2 is 2.20 bits per heavy atom. The maximum atomic E-state index is 11.2. The molecule has 10 heavy (non-hydrogen) atoms. The van der Waals surface area contributed by atoms with Gasteiger partial charge < -0.3 is 4.90 Å². The highest BCUT2D eigenvalue weighted by atomic mass is 16.2. The molecule has 1 rings (SSSR count). The monoisotopic (exact) mass is 141 g/mol. The van der Waals surface area contributed by atoms with Gasteiger partial charge in [-0.2, -0.15) is 0 Å². The van der Waals surface area contributed by atoms with Crippen LogP contribution in [0.15, 0.2) is 0 Å². The molecule has 1 aliphatic rings. The number of amides is 1. The topological polar surface area (TPSA) is 20.1 Å². The minimum atomic E-state index is 0.257. The van der Waals surface area contributed by atoms with E-state index in [9.17, 15) is 4.79 Å². The molecule has 0 aromatic heterocycles. The van der Waals surface area contributed by atoms with Crippen molar-refractivity contribution in [2.75, 3.05) is 13.1 Å². The Morgan fingerprint density at radius 3 is 2.60 bits per heavy atom. The Hall–Kier alpha value is -0.530. The Labute approximate surface area is 62.2 Å². The molecule has 1 amide bonds. The van der Waals surface area contributed by atoms with E-state index in [1.54, 1.807) is 0 Å². The van der Waals surface area contributed by atoms with Crippen molar-refractivity contribution >= 4 is 5.91 Å². The summed E-state index contributed by atoms with van der Waals surface area (Å²) in [4.78, 5) is 13.1. The smallest absolute Gasteiger partial charge is 0.225 e. The summed E-state index contributed by atoms with van der Waals surface area (Å²) in [5.41, 5.74) is 0. The number of carbonyl (C=O) groups is 1. The standard InChI is InChI=1S/C8H15NO/c1-3-4-7(2)8(10)9-5-6-9/h7H,3-6H2,1-2H3. The van der Waals surface area contributed by atoms with Gasteiger partial charge in [-0.15, -0.1) is 0 Å². The highest BCUT2D eigenvalue weighted by Gasteiger charge is 2.27. The molecule has 0 bridgehead atoms. The second-order valence-corrected chi connectivity index (χ2v) is 3.02. The predicted molar refractivity (Wildman–Crippen MR) is 40.7 cm³/mol. The van der Waals surface area contributed by atoms with E-state index in [2.05, 4.69) is 6.92 Å². The molecule has 0 N–H and O–H groups in total. The van der Waals surface area contributed by atoms with Gasteiger partial charge >= 0.3 is 0 Å². The first-order valence-corrected chi connectivity index (χ1v) is 4.04. The molecular formula is C8H15NO. The molecule has 2 nitrogen and oxygen atoms in total. The number of carbonyl (C=O) groups excluding carboxylic acids is 1. The van der Waals surface area contributed by atoms with Gasteiger partial charge in [0.25, 0.3) is 0 Å². The van der Waals surface area contributed by atoms with E-state index < -0.39 is 0 Å². The Kier molecular flexibility index (Phi) is 2.30. The zero-order valence-corrected chi connectivity index (χ0v) is 6.76. The normalized spacial score (nSPS) is 18.8. The largest absolute Gasteiger partial charge is 0.339 e. The average molecular weight is 141 g/mol. The summed E-state index contributed by atoms with van der Waals surface area (Å²) in [6.07, 6.45) is 2.15. The SMILES string of the molecule is CCCC(C)C(=O)N1CC1. The predicted octanol–water partition coefficient (Wildman–Crippen LogP) is 1.26. The van der Waals surface area contributed by atoms with Crippen molar-refractivity contribution in [2.24, 2.45) is 5.92 Å². The summed E-state index contributed by atoms with van der Waals surface area (Å²) < 4.78 is 0. The van der Waals surface area contributed by atoms with Crippen LogP contribution in [0, 0.1) is 5.92 Å². The average Bonchev–Trinajstić information content (AvgIpc) is 2.68. The molecule has 0 saturated carbocycles. The summed E-state index contributed by atoms with van der Waals surface area (Å²) in [5.74, 6) is 0.606. The van der Waals surface area contributed by atoms with Crippen LogP contribution in [0.2, 0.25) is 0 Å². The number of nitrogens with zero attached hydrogens (tertiary/aromatic N) is 1. The van der Waals surface area contributed by atoms with Crippen molar-refractivity contribution in [3.05, 3.63) is 0 Å². The zero-order valence-electron chi connectivity index (χ0n) is 6.76. The Balaban J connectivity index is 2.24. The van der Waals surface area contributed by atoms with Gasteiger partial charge in [-0.3, -0.25) is 4.79 Å². The van der Waals surface area contributed by atoms with Crippen molar-refractivity contribution in [3.63, 3.8) is 0 Å². The van der Waals surface area contributed by atoms with Crippen LogP contribution in [0.3, 0.4) is 0 Å². The fourth-order valence-corrected chi connectivity index (χ4v) is 1.14. The lowest BCUT2D eigenvalue weighted by molar-refractivity contribution is -0.129. The Morgan fingerprint density at radius 1 is 1.60 bits per heavy atom. The van der Waals surface area contributed by atoms with E-state index in [-0.39, 0.29) is 5.92 Å². The lowest BCUT2D eigenvalue weighted by Crippen LogP contribution is -2.19. The van der Waals surface area contributed by atoms with Gasteiger partial charge in [-0.1, -0.05) is 20.3 Å². The van der Waals surface area contributed by atoms with Crippen LogP contribution in [-0.2, 0) is 4.79 Å². The molecule has 58 valence electrons. The summed E-state index contributed by atoms with van der Waals surface area (Å²) in [7, 11) is 0. The zero-order chi connectivity index (χ0) is 7.56. The van der Waals surface area contributed by atoms with E-state index in [0.29, 0.717) is 5.91 Å². The minimum absolute atomic E-state index is 0.257. The first kappa shape index (κ1) is 7.58. The van der Waals surface area contributed by atoms with Crippen LogP contribution in [0.4, 0.5) is 0 Å². The molecule has 1 atom stereocenters. The molecule has 1 unspecified atom stereocenters. The highest BCUT2D eigenvalue weighted by Crippen LogP contribution is 2.14. The molecule has 1 fully saturated rings. The number of rotatable bonds is 3. The Bertz CT molecular complexity index is 129. The van der Waals surface area contributed by atoms with Crippen molar-refractivity contribution < 1.29 is 4.79 Å². The van der Waals surface area contributed by atoms with Gasteiger partial charge in [-0.25, -0.2) is 0 Å². The van der Waals surface area contributed by atoms with Crippen molar-refractivity contribution in [1.82, 2.24) is 4.90 Å². The molecule has 1 aliphatic heterocycles. The van der Waals surface area contributed by atoms with Gasteiger partial charge in [0, 0.05) is 19.0 Å². The second kappa shape index (κ2) is 3.04. The summed E-state index contributed by atoms with van der Waals surface area (Å²) >= 11 is 0. The number of hydrogen-bond donors (Lipinski definition) is 0. The molecular weight excluding hydrogens is 126 g/mol. The molecule has 1 heterocycles. The molecule has 2 heteroatoms. The van der Waals surface area contributed by atoms with Crippen LogP contribution in [-0.4, -0.2) is 23.9 Å². The van der Waals surface area contributed by atoms with Crippen LogP contribution in [0.25, 0.3) is 0 Å². The lowest BCUT2D eigenvalue weighted by atomic mass is 10.1. The van der Waals surface area contributed by atoms with Gasteiger partial charge in [0.05, 0.1) is 0 Å². The maximum Gasteiger partial charge on any atom is 0.225 e. The van der Waals surface area contributed by atoms with Crippen LogP contribution in [0.5, 0.6) is 0 Å². The third kappa shape index (κ3) is 1.72. The van der Waals surface area contributed by atoms with E-state index >= 15 is 0 Å². The van der Waals surface area contributed by atoms with E-state index in [0.717, 1.165) is 25.9 Å². The molecule has 0 radical (unpaired) electrons. The second-order valence-electron chi connectivity index (χ2n) is 3.02. The van der Waals surface area contributed by atoms with Crippen molar-refractivity contribution in [1.29, 1.82) is 0 Å². The van der Waals surface area contributed by atoms with Crippen LogP contribution < -0.4 is 0 Å². The molecule has 0 aromatic rings. The molecule has 0 aromatic carbocycles. The third-order valence-electron chi connectivity index (χ3n) is 1.90. The minimum Gasteiger partial charge on any atom is -0.339 e. The van der Waals surface area contributed by atoms with Gasteiger partial charge in [0.15, 0.2) is 0 Å². The highest BCUT2D eigenvalue weighted by molar-refractivity contribution is 5.80. The fourth-order valence-electron chi connectivity index (χ4n) is 1.14. The van der Waals surface area contributed by atoms with E-state index in [4.69, 9.17) is 0 Å². The van der Waals surface area contributed by atoms with E-state index in [1.165, 1.54) is 0 Å². The van der Waals surface area contributed by atoms with Crippen molar-refractivity contribution in [3.8, 4) is 0 Å². The van der Waals surface area contributed by atoms with Gasteiger partial charge in [-0.05, 0) is 6.42 Å². The maximum absolute atomic E-state index is 11.2. The van der Waals surface area contributed by atoms with Crippen LogP contribution >= 0.6 is 0 Å². The fraction of sp³-hybridized carbons (Fsp3) is 0.875. The van der Waals surface area contributed by atoms with Crippen LogP contribution in [0.1, 0.15) is 26.7 Å². The van der Waals surface area contributed by atoms with Gasteiger partial charge in [0.1, 0.15) is 0 Å². The van der Waals surface area contributed by atoms with E-state index in [1.807, 2.05) is 11.8 Å². The number of hydrogen-bond acceptors (Lipinski definition) is 1. The third-order valence-corrected chi connectivity index (χ3v) is 1.90. The molecule has 0 aliphatic carbocycles. The summed E-state index contributed by atoms with van der Waals surface area (Å²) in [6, 6.07) is 0. The van der Waals surface area contributed by atoms with Crippen molar-refractivity contribution in [2.45, 2.75) is 26.7 Å². The first-order valence-electron chi connectivity index (χ1n) is 4.04.